The third-order valence-corrected chi connectivity index (χ3v) is 5.92. The monoisotopic (exact) mass is 363 g/mol. The Morgan fingerprint density at radius 1 is 1.08 bits per heavy atom. The highest BCUT2D eigenvalue weighted by Crippen LogP contribution is 2.22. The normalized spacial score (nSPS) is 15.8. The first-order chi connectivity index (χ1) is 12.1. The molecule has 0 aliphatic carbocycles. The molecule has 7 nitrogen and oxygen atoms in total. The molecule has 2 amide bonds. The highest BCUT2D eigenvalue weighted by Gasteiger charge is 2.23. The minimum atomic E-state index is -3.38. The van der Waals surface area contributed by atoms with E-state index in [9.17, 15) is 13.2 Å². The lowest BCUT2D eigenvalue weighted by molar-refractivity contribution is 0.0730. The quantitative estimate of drug-likeness (QED) is 0.845. The first-order valence-corrected chi connectivity index (χ1v) is 9.75. The van der Waals surface area contributed by atoms with Gasteiger partial charge in [0, 0.05) is 25.0 Å². The van der Waals surface area contributed by atoms with Crippen molar-refractivity contribution < 1.29 is 17.9 Å². The van der Waals surface area contributed by atoms with Gasteiger partial charge in [-0.15, -0.1) is 0 Å². The van der Waals surface area contributed by atoms with Crippen molar-refractivity contribution in [3.05, 3.63) is 42.5 Å². The van der Waals surface area contributed by atoms with Crippen molar-refractivity contribution in [2.45, 2.75) is 0 Å². The van der Waals surface area contributed by atoms with E-state index in [1.165, 1.54) is 4.31 Å². The number of nitrogens with zero attached hydrogens (tertiary/aromatic N) is 1. The predicted octanol–water partition coefficient (Wildman–Crippen LogP) is 1.62. The van der Waals surface area contributed by atoms with Crippen molar-refractivity contribution in [2.75, 3.05) is 43.9 Å². The number of morpholine rings is 1. The predicted molar refractivity (Wildman–Crippen MR) is 97.1 cm³/mol. The molecule has 1 aliphatic heterocycles. The Bertz CT molecular complexity index is 843. The maximum absolute atomic E-state index is 12.2. The molecule has 0 atom stereocenters. The summed E-state index contributed by atoms with van der Waals surface area (Å²) in [6.45, 7) is 1.60. The third kappa shape index (κ3) is 4.47. The lowest BCUT2D eigenvalue weighted by Crippen LogP contribution is -2.44. The molecule has 2 N–H and O–H groups in total. The third-order valence-electron chi connectivity index (χ3n) is 4.05. The Morgan fingerprint density at radius 2 is 1.80 bits per heavy atom. The van der Waals surface area contributed by atoms with Gasteiger partial charge in [0.15, 0.2) is 0 Å². The molecule has 1 fully saturated rings. The molecule has 0 unspecified atom stereocenters. The Hall–Kier alpha value is -2.16. The fourth-order valence-corrected chi connectivity index (χ4v) is 4.07. The average molecular weight is 363 g/mol. The molecular weight excluding hydrogens is 342 g/mol. The highest BCUT2D eigenvalue weighted by molar-refractivity contribution is 7.89. The lowest BCUT2D eigenvalue weighted by Gasteiger charge is -2.26. The van der Waals surface area contributed by atoms with Crippen molar-refractivity contribution in [1.29, 1.82) is 0 Å². The number of nitrogens with one attached hydrogen (secondary N) is 2. The number of urea groups is 1. The zero-order chi connectivity index (χ0) is 17.7. The minimum Gasteiger partial charge on any atom is -0.379 e. The summed E-state index contributed by atoms with van der Waals surface area (Å²) < 4.78 is 31.0. The van der Waals surface area contributed by atoms with E-state index in [0.29, 0.717) is 32.0 Å². The van der Waals surface area contributed by atoms with Gasteiger partial charge in [0.1, 0.15) is 0 Å². The number of carbonyl (C=O) groups is 1. The zero-order valence-corrected chi connectivity index (χ0v) is 14.6. The number of ether oxygens (including phenoxy) is 1. The lowest BCUT2D eigenvalue weighted by atomic mass is 10.1. The van der Waals surface area contributed by atoms with Gasteiger partial charge >= 0.3 is 6.03 Å². The van der Waals surface area contributed by atoms with Crippen molar-refractivity contribution in [3.63, 3.8) is 0 Å². The molecule has 0 saturated carbocycles. The van der Waals surface area contributed by atoms with Crippen molar-refractivity contribution in [3.8, 4) is 0 Å². The van der Waals surface area contributed by atoms with Crippen LogP contribution >= 0.6 is 0 Å². The first kappa shape index (κ1) is 17.7. The van der Waals surface area contributed by atoms with Gasteiger partial charge < -0.3 is 15.4 Å². The van der Waals surface area contributed by atoms with Crippen LogP contribution < -0.4 is 10.6 Å². The molecule has 0 spiro atoms. The Kier molecular flexibility index (Phi) is 5.52. The zero-order valence-electron chi connectivity index (χ0n) is 13.8. The van der Waals surface area contributed by atoms with Crippen LogP contribution in [0.15, 0.2) is 42.5 Å². The molecule has 0 bridgehead atoms. The van der Waals surface area contributed by atoms with Gasteiger partial charge in [-0.05, 0) is 11.5 Å². The average Bonchev–Trinajstić information content (AvgIpc) is 2.63. The van der Waals surface area contributed by atoms with E-state index in [-0.39, 0.29) is 12.3 Å². The number of hydrogen-bond acceptors (Lipinski definition) is 4. The van der Waals surface area contributed by atoms with Gasteiger partial charge in [-0.1, -0.05) is 36.4 Å². The molecule has 2 aromatic carbocycles. The number of rotatable bonds is 5. The summed E-state index contributed by atoms with van der Waals surface area (Å²) in [5.74, 6) is -0.129. The topological polar surface area (TPSA) is 87.7 Å². The molecule has 3 rings (SSSR count). The van der Waals surface area contributed by atoms with Gasteiger partial charge in [-0.25, -0.2) is 13.2 Å². The van der Waals surface area contributed by atoms with Crippen LogP contribution in [0.25, 0.3) is 10.8 Å². The highest BCUT2D eigenvalue weighted by atomic mass is 32.2. The molecular formula is C17H21N3O4S. The van der Waals surface area contributed by atoms with Crippen LogP contribution in [0.2, 0.25) is 0 Å². The number of sulfonamides is 1. The number of fused-ring (bicyclic) bond motifs is 1. The summed E-state index contributed by atoms with van der Waals surface area (Å²) in [5, 5.41) is 7.33. The number of hydrogen-bond donors (Lipinski definition) is 2. The van der Waals surface area contributed by atoms with Gasteiger partial charge in [0.25, 0.3) is 0 Å². The number of amides is 2. The number of anilines is 1. The Morgan fingerprint density at radius 3 is 2.60 bits per heavy atom. The fraction of sp³-hybridized carbons (Fsp3) is 0.353. The van der Waals surface area contributed by atoms with E-state index in [2.05, 4.69) is 10.6 Å². The van der Waals surface area contributed by atoms with Crippen LogP contribution in [-0.4, -0.2) is 57.4 Å². The van der Waals surface area contributed by atoms with Crippen molar-refractivity contribution in [1.82, 2.24) is 9.62 Å². The summed E-state index contributed by atoms with van der Waals surface area (Å²) in [4.78, 5) is 12.1. The summed E-state index contributed by atoms with van der Waals surface area (Å²) in [5.41, 5.74) is 0.687. The van der Waals surface area contributed by atoms with E-state index >= 15 is 0 Å². The first-order valence-electron chi connectivity index (χ1n) is 8.14. The summed E-state index contributed by atoms with van der Waals surface area (Å²) in [6.07, 6.45) is 0. The van der Waals surface area contributed by atoms with Crippen LogP contribution in [0.3, 0.4) is 0 Å². The second kappa shape index (κ2) is 7.81. The van der Waals surface area contributed by atoms with Crippen molar-refractivity contribution >= 4 is 32.5 Å². The summed E-state index contributed by atoms with van der Waals surface area (Å²) >= 11 is 0. The molecule has 8 heteroatoms. The molecule has 0 aromatic heterocycles. The van der Waals surface area contributed by atoms with E-state index in [4.69, 9.17) is 4.74 Å². The van der Waals surface area contributed by atoms with Crippen LogP contribution in [0, 0.1) is 0 Å². The number of carbonyl (C=O) groups excluding carboxylic acids is 1. The molecule has 25 heavy (non-hydrogen) atoms. The number of benzene rings is 2. The maximum atomic E-state index is 12.2. The maximum Gasteiger partial charge on any atom is 0.319 e. The van der Waals surface area contributed by atoms with Crippen molar-refractivity contribution in [2.24, 2.45) is 0 Å². The second-order valence-corrected chi connectivity index (χ2v) is 7.82. The summed E-state index contributed by atoms with van der Waals surface area (Å²) in [6, 6.07) is 12.9. The molecule has 1 heterocycles. The Balaban J connectivity index is 1.54. The molecule has 1 aliphatic rings. The SMILES string of the molecule is O=C(NCCS(=O)(=O)N1CCOCC1)Nc1cccc2ccccc12. The fourth-order valence-electron chi connectivity index (χ4n) is 2.75. The van der Waals surface area contributed by atoms with Crippen LogP contribution in [0.1, 0.15) is 0 Å². The summed E-state index contributed by atoms with van der Waals surface area (Å²) in [7, 11) is -3.38. The van der Waals surface area contributed by atoms with Gasteiger partial charge in [0.2, 0.25) is 10.0 Å². The van der Waals surface area contributed by atoms with Crippen LogP contribution in [-0.2, 0) is 14.8 Å². The van der Waals surface area contributed by atoms with E-state index < -0.39 is 16.1 Å². The van der Waals surface area contributed by atoms with E-state index in [1.807, 2.05) is 42.5 Å². The van der Waals surface area contributed by atoms with E-state index in [1.54, 1.807) is 0 Å². The molecule has 2 aromatic rings. The second-order valence-electron chi connectivity index (χ2n) is 5.74. The van der Waals surface area contributed by atoms with Gasteiger partial charge in [0.05, 0.1) is 24.7 Å². The van der Waals surface area contributed by atoms with Crippen LogP contribution in [0.4, 0.5) is 10.5 Å². The minimum absolute atomic E-state index is 0.0519. The van der Waals surface area contributed by atoms with Crippen LogP contribution in [0.5, 0.6) is 0 Å². The molecule has 1 saturated heterocycles. The largest absolute Gasteiger partial charge is 0.379 e. The standard InChI is InChI=1S/C17H21N3O4S/c21-17(18-8-13-25(22,23)20-9-11-24-12-10-20)19-16-7-3-5-14-4-1-2-6-15(14)16/h1-7H,8-13H2,(H2,18,19,21). The smallest absolute Gasteiger partial charge is 0.319 e. The molecule has 134 valence electrons. The van der Waals surface area contributed by atoms with Gasteiger partial charge in [-0.2, -0.15) is 4.31 Å². The molecule has 0 radical (unpaired) electrons. The Labute approximate surface area is 147 Å². The van der Waals surface area contributed by atoms with Gasteiger partial charge in [-0.3, -0.25) is 0 Å². The van der Waals surface area contributed by atoms with E-state index in [0.717, 1.165) is 10.8 Å².